The normalized spacial score (nSPS) is 19.6. The van der Waals surface area contributed by atoms with Gasteiger partial charge in [0.1, 0.15) is 37.3 Å². The molecular formula is C21H25N8O7S2+. The number of amides is 2. The second-order valence-electron chi connectivity index (χ2n) is 9.16. The van der Waals surface area contributed by atoms with Gasteiger partial charge in [-0.15, -0.1) is 11.8 Å². The minimum absolute atomic E-state index is 0.0600. The van der Waals surface area contributed by atoms with Crippen LogP contribution in [0.2, 0.25) is 0 Å². The molecule has 0 spiro atoms. The van der Waals surface area contributed by atoms with E-state index in [0.29, 0.717) is 23.6 Å². The van der Waals surface area contributed by atoms with Crippen LogP contribution in [-0.2, 0) is 25.8 Å². The van der Waals surface area contributed by atoms with Crippen LogP contribution in [0.25, 0.3) is 0 Å². The molecule has 6 N–H and O–H groups in total. The number of anilines is 1. The van der Waals surface area contributed by atoms with Crippen LogP contribution in [0.3, 0.4) is 0 Å². The average Bonchev–Trinajstić information content (AvgIpc) is 3.27. The summed E-state index contributed by atoms with van der Waals surface area (Å²) in [7, 11) is 4.94. The lowest BCUT2D eigenvalue weighted by Gasteiger charge is -2.49. The number of H-pyrrole nitrogens is 1. The quantitative estimate of drug-likeness (QED) is 0.106. The molecule has 15 nitrogen and oxygen atoms in total. The van der Waals surface area contributed by atoms with Crippen molar-refractivity contribution in [2.75, 3.05) is 39.2 Å². The Morgan fingerprint density at radius 1 is 1.37 bits per heavy atom. The Morgan fingerprint density at radius 3 is 2.71 bits per heavy atom. The number of aromatic amines is 1. The van der Waals surface area contributed by atoms with E-state index < -0.39 is 40.4 Å². The van der Waals surface area contributed by atoms with Crippen LogP contribution in [0, 0.1) is 0 Å². The van der Waals surface area contributed by atoms with Gasteiger partial charge in [0.05, 0.1) is 19.8 Å². The fraction of sp³-hybridized carbons (Fsp3) is 0.381. The predicted molar refractivity (Wildman–Crippen MR) is 137 cm³/mol. The number of carboxylic acid groups (broad SMARTS) is 1. The van der Waals surface area contributed by atoms with Crippen molar-refractivity contribution in [1.29, 1.82) is 0 Å². The predicted octanol–water partition coefficient (Wildman–Crippen LogP) is -1.12. The zero-order valence-electron chi connectivity index (χ0n) is 20.5. The van der Waals surface area contributed by atoms with E-state index in [9.17, 15) is 29.4 Å². The minimum atomic E-state index is -1.26. The summed E-state index contributed by atoms with van der Waals surface area (Å²) in [5.74, 6) is -2.76. The summed E-state index contributed by atoms with van der Waals surface area (Å²) in [4.78, 5) is 62.6. The molecule has 0 unspecified atom stereocenters. The lowest BCUT2D eigenvalue weighted by Crippen LogP contribution is -2.71. The van der Waals surface area contributed by atoms with Crippen molar-refractivity contribution >= 4 is 51.9 Å². The van der Waals surface area contributed by atoms with Gasteiger partial charge in [0.2, 0.25) is 17.0 Å². The number of carbonyl (C=O) groups excluding carboxylic acids is 2. The zero-order valence-corrected chi connectivity index (χ0v) is 22.1. The molecule has 4 rings (SSSR count). The van der Waals surface area contributed by atoms with E-state index in [0.717, 1.165) is 11.5 Å². The third-order valence-corrected chi connectivity index (χ3v) is 7.64. The van der Waals surface area contributed by atoms with Crippen LogP contribution in [-0.4, -0.2) is 102 Å². The van der Waals surface area contributed by atoms with Crippen LogP contribution in [0.1, 0.15) is 11.5 Å². The molecule has 0 aliphatic carbocycles. The molecule has 2 amide bonds. The maximum Gasteiger partial charge on any atom is 0.352 e. The molecule has 38 heavy (non-hydrogen) atoms. The monoisotopic (exact) mass is 565 g/mol. The van der Waals surface area contributed by atoms with Gasteiger partial charge in [-0.25, -0.2) is 4.79 Å². The first-order valence-corrected chi connectivity index (χ1v) is 12.9. The standard InChI is InChI=1S/C21H24N8O7S2/c1-29(2,7-10-4-11(30)12(31)5-23-10)6-9-8-37-19-14(18(33)28(19)15(9)20(34)35)24-17(32)13(26-36-3)16-25-21(22)38-27-16/h4-5,14,19H,6-8H2,1-3H3,(H5-,22,23,24,25,26,27,30,31,32,34,35)/p+1/t14-,19+/m1/s1. The second-order valence-corrected chi connectivity index (χ2v) is 11.0. The minimum Gasteiger partial charge on any atom is -0.503 e. The number of hydrogen-bond acceptors (Lipinski definition) is 12. The summed E-state index contributed by atoms with van der Waals surface area (Å²) in [6.45, 7) is 0.607. The molecule has 2 aromatic heterocycles. The Bertz CT molecular complexity index is 1420. The van der Waals surface area contributed by atoms with Gasteiger partial charge in [-0.1, -0.05) is 5.16 Å². The number of oxime groups is 1. The van der Waals surface area contributed by atoms with Crippen molar-refractivity contribution in [2.24, 2.45) is 5.16 Å². The van der Waals surface area contributed by atoms with Crippen molar-refractivity contribution in [3.8, 4) is 5.75 Å². The van der Waals surface area contributed by atoms with Gasteiger partial charge < -0.3 is 35.6 Å². The maximum absolute atomic E-state index is 13.1. The lowest BCUT2D eigenvalue weighted by atomic mass is 10.0. The number of thioether (sulfide) groups is 1. The number of fused-ring (bicyclic) bond motifs is 1. The van der Waals surface area contributed by atoms with Crippen molar-refractivity contribution < 1.29 is 33.9 Å². The van der Waals surface area contributed by atoms with Gasteiger partial charge in [-0.05, 0) is 0 Å². The number of carbonyl (C=O) groups is 3. The summed E-state index contributed by atoms with van der Waals surface area (Å²) in [5, 5.41) is 25.1. The van der Waals surface area contributed by atoms with E-state index in [-0.39, 0.29) is 33.4 Å². The molecular weight excluding hydrogens is 540 g/mol. The number of nitrogens with zero attached hydrogens (tertiary/aromatic N) is 5. The highest BCUT2D eigenvalue weighted by Crippen LogP contribution is 2.41. The molecule has 2 aliphatic heterocycles. The highest BCUT2D eigenvalue weighted by atomic mass is 32.2. The van der Waals surface area contributed by atoms with Gasteiger partial charge in [0, 0.05) is 35.1 Å². The SMILES string of the molecule is CON=C(C(=O)N[C@@H]1C(=O)N2C(C(=O)O)=C(C[N+](C)(C)Cc3cc(=O)c(O)c[nH]3)CS[C@@H]12)c1nsc(N)n1. The number of pyridine rings is 1. The molecule has 0 radical (unpaired) electrons. The number of quaternary nitrogens is 1. The van der Waals surface area contributed by atoms with E-state index in [1.165, 1.54) is 36.0 Å². The van der Waals surface area contributed by atoms with Crippen LogP contribution < -0.4 is 16.5 Å². The van der Waals surface area contributed by atoms with Gasteiger partial charge in [0.25, 0.3) is 11.8 Å². The van der Waals surface area contributed by atoms with Crippen molar-refractivity contribution in [3.63, 3.8) is 0 Å². The van der Waals surface area contributed by atoms with Crippen molar-refractivity contribution in [1.82, 2.24) is 24.6 Å². The number of nitrogens with one attached hydrogen (secondary N) is 2. The number of aromatic nitrogens is 3. The number of hydrogen-bond donors (Lipinski definition) is 5. The third-order valence-electron chi connectivity index (χ3n) is 5.76. The Labute approximate surface area is 223 Å². The van der Waals surface area contributed by atoms with E-state index >= 15 is 0 Å². The van der Waals surface area contributed by atoms with E-state index in [4.69, 9.17) is 10.6 Å². The molecule has 4 heterocycles. The topological polar surface area (TPSA) is 213 Å². The highest BCUT2D eigenvalue weighted by Gasteiger charge is 2.55. The average molecular weight is 566 g/mol. The highest BCUT2D eigenvalue weighted by molar-refractivity contribution is 8.00. The molecule has 202 valence electrons. The van der Waals surface area contributed by atoms with Gasteiger partial charge in [0.15, 0.2) is 10.9 Å². The molecule has 0 saturated carbocycles. The first kappa shape index (κ1) is 27.1. The van der Waals surface area contributed by atoms with E-state index in [1.807, 2.05) is 14.1 Å². The molecule has 2 aliphatic rings. The number of carboxylic acids is 1. The summed E-state index contributed by atoms with van der Waals surface area (Å²) in [6.07, 6.45) is 1.20. The smallest absolute Gasteiger partial charge is 0.352 e. The number of rotatable bonds is 9. The molecule has 0 bridgehead atoms. The van der Waals surface area contributed by atoms with Crippen LogP contribution in [0.15, 0.2) is 33.5 Å². The molecule has 2 atom stereocenters. The number of aromatic hydroxyl groups is 1. The van der Waals surface area contributed by atoms with E-state index in [1.54, 1.807) is 0 Å². The Morgan fingerprint density at radius 2 is 2.11 bits per heavy atom. The lowest BCUT2D eigenvalue weighted by molar-refractivity contribution is -0.899. The summed E-state index contributed by atoms with van der Waals surface area (Å²) in [6, 6.07) is 0.294. The van der Waals surface area contributed by atoms with Crippen LogP contribution >= 0.6 is 23.3 Å². The molecule has 17 heteroatoms. The first-order chi connectivity index (χ1) is 17.9. The van der Waals surface area contributed by atoms with Gasteiger partial charge in [-0.3, -0.25) is 19.3 Å². The fourth-order valence-corrected chi connectivity index (χ4v) is 6.02. The molecule has 2 aromatic rings. The maximum atomic E-state index is 13.1. The number of aliphatic carboxylic acids is 1. The molecule has 1 saturated heterocycles. The number of β-lactam (4-membered cyclic amide) rings is 1. The van der Waals surface area contributed by atoms with Crippen molar-refractivity contribution in [3.05, 3.63) is 45.3 Å². The summed E-state index contributed by atoms with van der Waals surface area (Å²) >= 11 is 2.18. The van der Waals surface area contributed by atoms with E-state index in [2.05, 4.69) is 24.8 Å². The summed E-state index contributed by atoms with van der Waals surface area (Å²) < 4.78 is 4.20. The number of nitrogens with two attached hydrogens (primary N) is 1. The Balaban J connectivity index is 1.51. The molecule has 1 fully saturated rings. The first-order valence-electron chi connectivity index (χ1n) is 11.1. The largest absolute Gasteiger partial charge is 0.503 e. The third kappa shape index (κ3) is 5.34. The number of nitrogen functional groups attached to an aromatic ring is 1. The fourth-order valence-electron chi connectivity index (χ4n) is 4.25. The second kappa shape index (κ2) is 10.4. The van der Waals surface area contributed by atoms with Gasteiger partial charge in [-0.2, -0.15) is 9.36 Å². The van der Waals surface area contributed by atoms with Crippen LogP contribution in [0.4, 0.5) is 5.13 Å². The number of likely N-dealkylation sites (N-methyl/N-ethyl adjacent to an activating group) is 1. The van der Waals surface area contributed by atoms with Gasteiger partial charge >= 0.3 is 5.97 Å². The Hall–Kier alpha value is -3.96. The Kier molecular flexibility index (Phi) is 7.43. The van der Waals surface area contributed by atoms with Crippen molar-refractivity contribution in [2.45, 2.75) is 18.0 Å². The summed E-state index contributed by atoms with van der Waals surface area (Å²) in [5.41, 5.74) is 5.75. The van der Waals surface area contributed by atoms with Crippen LogP contribution in [0.5, 0.6) is 5.75 Å². The molecule has 0 aromatic carbocycles. The zero-order chi connectivity index (χ0) is 27.8.